The summed E-state index contributed by atoms with van der Waals surface area (Å²) in [7, 11) is 1.78. The van der Waals surface area contributed by atoms with Gasteiger partial charge in [-0.1, -0.05) is 6.92 Å². The van der Waals surface area contributed by atoms with Crippen LogP contribution in [0.4, 0.5) is 4.79 Å². The van der Waals surface area contributed by atoms with E-state index in [9.17, 15) is 9.59 Å². The van der Waals surface area contributed by atoms with Crippen LogP contribution >= 0.6 is 0 Å². The van der Waals surface area contributed by atoms with Crippen molar-refractivity contribution >= 4 is 12.0 Å². The number of carbonyl (C=O) groups excluding carboxylic acids is 1. The molecule has 0 bridgehead atoms. The molecule has 1 atom stereocenters. The van der Waals surface area contributed by atoms with Crippen LogP contribution in [0, 0.1) is 5.92 Å². The second-order valence-corrected chi connectivity index (χ2v) is 5.53. The maximum Gasteiger partial charge on any atom is 0.319 e. The van der Waals surface area contributed by atoms with Crippen LogP contribution in [0.25, 0.3) is 0 Å². The third kappa shape index (κ3) is 5.00. The van der Waals surface area contributed by atoms with Gasteiger partial charge in [0.2, 0.25) is 0 Å². The molecule has 0 saturated carbocycles. The Morgan fingerprint density at radius 2 is 1.90 bits per heavy atom. The molecule has 1 heterocycles. The minimum Gasteiger partial charge on any atom is -0.481 e. The molecule has 0 spiro atoms. The highest BCUT2D eigenvalue weighted by atomic mass is 16.4. The number of hydrogen-bond acceptors (Lipinski definition) is 3. The van der Waals surface area contributed by atoms with E-state index in [0.29, 0.717) is 13.1 Å². The number of amides is 2. The first-order valence-corrected chi connectivity index (χ1v) is 7.41. The molecule has 1 aliphatic heterocycles. The second-order valence-electron chi connectivity index (χ2n) is 5.53. The van der Waals surface area contributed by atoms with E-state index in [1.54, 1.807) is 23.8 Å². The average molecular weight is 285 g/mol. The average Bonchev–Trinajstić information content (AvgIpc) is 2.94. The number of urea groups is 1. The van der Waals surface area contributed by atoms with E-state index < -0.39 is 11.9 Å². The van der Waals surface area contributed by atoms with Crippen LogP contribution in [-0.4, -0.2) is 78.1 Å². The van der Waals surface area contributed by atoms with Crippen LogP contribution in [-0.2, 0) is 4.79 Å². The van der Waals surface area contributed by atoms with E-state index in [0.717, 1.165) is 19.6 Å². The Balaban J connectivity index is 2.41. The zero-order chi connectivity index (χ0) is 15.1. The third-order valence-electron chi connectivity index (χ3n) is 3.84. The molecule has 1 fully saturated rings. The van der Waals surface area contributed by atoms with Crippen molar-refractivity contribution in [2.24, 2.45) is 5.92 Å². The monoisotopic (exact) mass is 285 g/mol. The Bertz CT molecular complexity index is 330. The lowest BCUT2D eigenvalue weighted by Gasteiger charge is -2.29. The van der Waals surface area contributed by atoms with Gasteiger partial charge in [0.15, 0.2) is 0 Å². The summed E-state index contributed by atoms with van der Waals surface area (Å²) in [5, 5.41) is 8.94. The van der Waals surface area contributed by atoms with Gasteiger partial charge in [0.25, 0.3) is 0 Å². The van der Waals surface area contributed by atoms with Crippen molar-refractivity contribution in [2.75, 3.05) is 46.3 Å². The number of hydrogen-bond donors (Lipinski definition) is 1. The first kappa shape index (κ1) is 16.8. The number of carboxylic acids is 1. The van der Waals surface area contributed by atoms with Gasteiger partial charge >= 0.3 is 12.0 Å². The van der Waals surface area contributed by atoms with E-state index in [1.165, 1.54) is 12.8 Å². The largest absolute Gasteiger partial charge is 0.481 e. The van der Waals surface area contributed by atoms with E-state index in [-0.39, 0.29) is 12.6 Å². The minimum absolute atomic E-state index is 0.0835. The summed E-state index contributed by atoms with van der Waals surface area (Å²) in [4.78, 5) is 28.8. The van der Waals surface area contributed by atoms with Crippen LogP contribution in [0.1, 0.15) is 26.7 Å². The predicted molar refractivity (Wildman–Crippen MR) is 77.7 cm³/mol. The minimum atomic E-state index is -0.865. The summed E-state index contributed by atoms with van der Waals surface area (Å²) in [5.41, 5.74) is 0. The molecule has 2 amide bonds. The van der Waals surface area contributed by atoms with Crippen LogP contribution in [0.2, 0.25) is 0 Å². The summed E-state index contributed by atoms with van der Waals surface area (Å²) >= 11 is 0. The van der Waals surface area contributed by atoms with Crippen LogP contribution in [0.5, 0.6) is 0 Å². The molecular weight excluding hydrogens is 258 g/mol. The van der Waals surface area contributed by atoms with Crippen LogP contribution < -0.4 is 0 Å². The molecule has 1 rings (SSSR count). The molecule has 0 radical (unpaired) electrons. The molecule has 0 aromatic carbocycles. The van der Waals surface area contributed by atoms with E-state index in [4.69, 9.17) is 5.11 Å². The van der Waals surface area contributed by atoms with Crippen LogP contribution in [0.15, 0.2) is 0 Å². The van der Waals surface area contributed by atoms with Gasteiger partial charge in [-0.05, 0) is 32.9 Å². The zero-order valence-corrected chi connectivity index (χ0v) is 12.8. The fourth-order valence-corrected chi connectivity index (χ4v) is 2.39. The summed E-state index contributed by atoms with van der Waals surface area (Å²) in [6.45, 7) is 8.13. The maximum atomic E-state index is 12.3. The molecular formula is C14H27N3O3. The van der Waals surface area contributed by atoms with Crippen molar-refractivity contribution in [2.45, 2.75) is 26.7 Å². The molecule has 0 aromatic heterocycles. The lowest BCUT2D eigenvalue weighted by molar-refractivity contribution is -0.141. The first-order chi connectivity index (χ1) is 9.45. The number of rotatable bonds is 7. The van der Waals surface area contributed by atoms with Crippen molar-refractivity contribution in [1.29, 1.82) is 0 Å². The quantitative estimate of drug-likeness (QED) is 0.763. The van der Waals surface area contributed by atoms with Crippen molar-refractivity contribution in [3.63, 3.8) is 0 Å². The van der Waals surface area contributed by atoms with Crippen molar-refractivity contribution < 1.29 is 14.7 Å². The molecule has 6 heteroatoms. The fourth-order valence-electron chi connectivity index (χ4n) is 2.39. The van der Waals surface area contributed by atoms with Gasteiger partial charge in [0.05, 0.1) is 5.92 Å². The van der Waals surface area contributed by atoms with Gasteiger partial charge in [-0.3, -0.25) is 4.79 Å². The number of nitrogens with zero attached hydrogens (tertiary/aromatic N) is 3. The highest BCUT2D eigenvalue weighted by Gasteiger charge is 2.22. The van der Waals surface area contributed by atoms with E-state index >= 15 is 0 Å². The Morgan fingerprint density at radius 3 is 2.40 bits per heavy atom. The molecule has 0 aliphatic carbocycles. The topological polar surface area (TPSA) is 64.1 Å². The normalized spacial score (nSPS) is 16.9. The molecule has 1 unspecified atom stereocenters. The van der Waals surface area contributed by atoms with Crippen molar-refractivity contribution in [1.82, 2.24) is 14.7 Å². The Kier molecular flexibility index (Phi) is 6.78. The molecule has 6 nitrogen and oxygen atoms in total. The van der Waals surface area contributed by atoms with Gasteiger partial charge in [-0.2, -0.15) is 0 Å². The van der Waals surface area contributed by atoms with E-state index in [2.05, 4.69) is 4.90 Å². The van der Waals surface area contributed by atoms with Gasteiger partial charge in [0.1, 0.15) is 0 Å². The summed E-state index contributed by atoms with van der Waals surface area (Å²) < 4.78 is 0. The van der Waals surface area contributed by atoms with Gasteiger partial charge < -0.3 is 19.8 Å². The number of likely N-dealkylation sites (tertiary alicyclic amines) is 1. The molecule has 116 valence electrons. The lowest BCUT2D eigenvalue weighted by atomic mass is 10.2. The smallest absolute Gasteiger partial charge is 0.319 e. The third-order valence-corrected chi connectivity index (χ3v) is 3.84. The Morgan fingerprint density at radius 1 is 1.30 bits per heavy atom. The first-order valence-electron chi connectivity index (χ1n) is 7.41. The molecule has 0 aromatic rings. The fraction of sp³-hybridized carbons (Fsp3) is 0.857. The molecule has 1 saturated heterocycles. The van der Waals surface area contributed by atoms with E-state index in [1.807, 2.05) is 6.92 Å². The molecule has 1 aliphatic rings. The van der Waals surface area contributed by atoms with Crippen molar-refractivity contribution in [3.8, 4) is 0 Å². The second kappa shape index (κ2) is 8.09. The Hall–Kier alpha value is -1.30. The molecule has 1 N–H and O–H groups in total. The summed E-state index contributed by atoms with van der Waals surface area (Å²) in [6, 6.07) is -0.0835. The standard InChI is InChI=1S/C14H27N3O3/c1-4-17(11-12(2)13(18)19)14(20)15(3)9-10-16-7-5-6-8-16/h12H,4-11H2,1-3H3,(H,18,19). The lowest BCUT2D eigenvalue weighted by Crippen LogP contribution is -2.46. The zero-order valence-electron chi connectivity index (χ0n) is 12.8. The highest BCUT2D eigenvalue weighted by Crippen LogP contribution is 2.08. The van der Waals surface area contributed by atoms with Crippen LogP contribution in [0.3, 0.4) is 0 Å². The van der Waals surface area contributed by atoms with Gasteiger partial charge in [-0.15, -0.1) is 0 Å². The number of carboxylic acid groups (broad SMARTS) is 1. The maximum absolute atomic E-state index is 12.3. The number of likely N-dealkylation sites (N-methyl/N-ethyl adjacent to an activating group) is 1. The SMILES string of the molecule is CCN(CC(C)C(=O)O)C(=O)N(C)CCN1CCCC1. The Labute approximate surface area is 121 Å². The predicted octanol–water partition coefficient (Wildman–Crippen LogP) is 1.18. The number of aliphatic carboxylic acids is 1. The summed E-state index contributed by atoms with van der Waals surface area (Å²) in [5.74, 6) is -1.40. The number of carbonyl (C=O) groups is 2. The van der Waals surface area contributed by atoms with Gasteiger partial charge in [0, 0.05) is 33.2 Å². The summed E-state index contributed by atoms with van der Waals surface area (Å²) in [6.07, 6.45) is 2.49. The highest BCUT2D eigenvalue weighted by molar-refractivity contribution is 5.75. The molecule has 20 heavy (non-hydrogen) atoms. The van der Waals surface area contributed by atoms with Gasteiger partial charge in [-0.25, -0.2) is 4.79 Å². The van der Waals surface area contributed by atoms with Crippen molar-refractivity contribution in [3.05, 3.63) is 0 Å².